The van der Waals surface area contributed by atoms with Gasteiger partial charge in [0.15, 0.2) is 5.13 Å². The van der Waals surface area contributed by atoms with Gasteiger partial charge in [-0.2, -0.15) is 4.31 Å². The molecule has 0 radical (unpaired) electrons. The van der Waals surface area contributed by atoms with Crippen LogP contribution in [0, 0.1) is 0 Å². The lowest BCUT2D eigenvalue weighted by molar-refractivity contribution is 0.102. The maximum absolute atomic E-state index is 12.7. The molecule has 1 saturated heterocycles. The number of thiazole rings is 1. The number of anilines is 1. The Balaban J connectivity index is 1.45. The number of piperidine rings is 1. The summed E-state index contributed by atoms with van der Waals surface area (Å²) in [6.45, 7) is 1.11. The summed E-state index contributed by atoms with van der Waals surface area (Å²) >= 11 is 1.35. The van der Waals surface area contributed by atoms with Gasteiger partial charge < -0.3 is 0 Å². The second-order valence-electron chi connectivity index (χ2n) is 6.85. The predicted octanol–water partition coefficient (Wildman–Crippen LogP) is 4.24. The molecule has 1 aromatic heterocycles. The van der Waals surface area contributed by atoms with E-state index in [1.165, 1.54) is 39.9 Å². The van der Waals surface area contributed by atoms with Gasteiger partial charge in [-0.05, 0) is 37.1 Å². The molecule has 0 spiro atoms. The average Bonchev–Trinajstić information content (AvgIpc) is 3.23. The van der Waals surface area contributed by atoms with Gasteiger partial charge in [-0.15, -0.1) is 11.3 Å². The first kappa shape index (κ1) is 19.8. The van der Waals surface area contributed by atoms with E-state index in [1.807, 2.05) is 35.7 Å². The lowest BCUT2D eigenvalue weighted by atomic mass is 10.2. The molecule has 29 heavy (non-hydrogen) atoms. The summed E-state index contributed by atoms with van der Waals surface area (Å²) in [6.07, 6.45) is 2.84. The van der Waals surface area contributed by atoms with Crippen molar-refractivity contribution in [3.63, 3.8) is 0 Å². The Labute approximate surface area is 174 Å². The van der Waals surface area contributed by atoms with Crippen molar-refractivity contribution in [2.24, 2.45) is 0 Å². The quantitative estimate of drug-likeness (QED) is 0.661. The molecule has 0 atom stereocenters. The van der Waals surface area contributed by atoms with Crippen molar-refractivity contribution < 1.29 is 13.2 Å². The van der Waals surface area contributed by atoms with Crippen LogP contribution in [0.3, 0.4) is 0 Å². The number of benzene rings is 2. The van der Waals surface area contributed by atoms with Gasteiger partial charge in [0.25, 0.3) is 5.91 Å². The number of carbonyl (C=O) groups is 1. The molecule has 2 heterocycles. The molecule has 2 aromatic carbocycles. The van der Waals surface area contributed by atoms with Gasteiger partial charge >= 0.3 is 0 Å². The van der Waals surface area contributed by atoms with Crippen LogP contribution in [0.4, 0.5) is 5.13 Å². The minimum Gasteiger partial charge on any atom is -0.298 e. The highest BCUT2D eigenvalue weighted by Crippen LogP contribution is 2.25. The molecule has 1 aliphatic rings. The number of sulfonamides is 1. The van der Waals surface area contributed by atoms with E-state index in [9.17, 15) is 13.2 Å². The van der Waals surface area contributed by atoms with E-state index < -0.39 is 10.0 Å². The number of nitrogens with zero attached hydrogens (tertiary/aromatic N) is 2. The Bertz CT molecular complexity index is 1090. The van der Waals surface area contributed by atoms with Crippen LogP contribution in [0.25, 0.3) is 11.3 Å². The summed E-state index contributed by atoms with van der Waals surface area (Å²) in [7, 11) is -3.50. The number of aromatic nitrogens is 1. The van der Waals surface area contributed by atoms with Gasteiger partial charge in [0.05, 0.1) is 10.6 Å². The number of nitrogens with one attached hydrogen (secondary N) is 1. The Kier molecular flexibility index (Phi) is 5.75. The molecule has 0 unspecified atom stereocenters. The minimum absolute atomic E-state index is 0.219. The topological polar surface area (TPSA) is 79.4 Å². The van der Waals surface area contributed by atoms with Gasteiger partial charge in [0, 0.05) is 29.6 Å². The standard InChI is InChI=1S/C21H21N3O3S2/c25-20(23-21-22-19(15-28-21)16-7-3-1-4-8-16)17-9-11-18(12-10-17)29(26,27)24-13-5-2-6-14-24/h1,3-4,7-12,15H,2,5-6,13-14H2,(H,22,23,25). The Morgan fingerprint density at radius 2 is 1.66 bits per heavy atom. The van der Waals surface area contributed by atoms with E-state index in [2.05, 4.69) is 10.3 Å². The van der Waals surface area contributed by atoms with Gasteiger partial charge in [0.1, 0.15) is 0 Å². The number of hydrogen-bond acceptors (Lipinski definition) is 5. The van der Waals surface area contributed by atoms with E-state index in [0.29, 0.717) is 23.8 Å². The second kappa shape index (κ2) is 8.44. The Morgan fingerprint density at radius 1 is 0.966 bits per heavy atom. The van der Waals surface area contributed by atoms with Crippen LogP contribution in [0.5, 0.6) is 0 Å². The Hall–Kier alpha value is -2.55. The van der Waals surface area contributed by atoms with Crippen LogP contribution in [0.2, 0.25) is 0 Å². The fourth-order valence-corrected chi connectivity index (χ4v) is 5.51. The smallest absolute Gasteiger partial charge is 0.257 e. The van der Waals surface area contributed by atoms with Crippen LogP contribution in [-0.2, 0) is 10.0 Å². The second-order valence-corrected chi connectivity index (χ2v) is 9.64. The largest absolute Gasteiger partial charge is 0.298 e. The minimum atomic E-state index is -3.50. The highest BCUT2D eigenvalue weighted by molar-refractivity contribution is 7.89. The summed E-state index contributed by atoms with van der Waals surface area (Å²) in [6, 6.07) is 15.8. The molecule has 1 amide bonds. The SMILES string of the molecule is O=C(Nc1nc(-c2ccccc2)cs1)c1ccc(S(=O)(=O)N2CCCCC2)cc1. The Morgan fingerprint density at radius 3 is 2.34 bits per heavy atom. The third-order valence-electron chi connectivity index (χ3n) is 4.86. The van der Waals surface area contributed by atoms with Gasteiger partial charge in [-0.3, -0.25) is 10.1 Å². The fourth-order valence-electron chi connectivity index (χ4n) is 3.27. The predicted molar refractivity (Wildman–Crippen MR) is 115 cm³/mol. The number of carbonyl (C=O) groups excluding carboxylic acids is 1. The zero-order valence-electron chi connectivity index (χ0n) is 15.7. The molecule has 1 fully saturated rings. The van der Waals surface area contributed by atoms with E-state index in [0.717, 1.165) is 30.5 Å². The average molecular weight is 428 g/mol. The molecule has 1 aliphatic heterocycles. The lowest BCUT2D eigenvalue weighted by Crippen LogP contribution is -2.35. The highest BCUT2D eigenvalue weighted by Gasteiger charge is 2.26. The number of rotatable bonds is 5. The third-order valence-corrected chi connectivity index (χ3v) is 7.53. The van der Waals surface area contributed by atoms with Gasteiger partial charge in [-0.1, -0.05) is 36.8 Å². The van der Waals surface area contributed by atoms with Crippen molar-refractivity contribution in [1.82, 2.24) is 9.29 Å². The molecule has 1 N–H and O–H groups in total. The normalized spacial score (nSPS) is 15.2. The van der Waals surface area contributed by atoms with E-state index >= 15 is 0 Å². The molecule has 0 saturated carbocycles. The van der Waals surface area contributed by atoms with Crippen LogP contribution in [0.1, 0.15) is 29.6 Å². The summed E-state index contributed by atoms with van der Waals surface area (Å²) in [4.78, 5) is 17.2. The summed E-state index contributed by atoms with van der Waals surface area (Å²) in [5, 5.41) is 5.17. The van der Waals surface area contributed by atoms with E-state index in [4.69, 9.17) is 0 Å². The monoisotopic (exact) mass is 427 g/mol. The van der Waals surface area contributed by atoms with Crippen molar-refractivity contribution in [3.8, 4) is 11.3 Å². The van der Waals surface area contributed by atoms with E-state index in [1.54, 1.807) is 0 Å². The van der Waals surface area contributed by atoms with Crippen molar-refractivity contribution in [3.05, 3.63) is 65.5 Å². The first-order chi connectivity index (χ1) is 14.0. The zero-order valence-corrected chi connectivity index (χ0v) is 17.4. The lowest BCUT2D eigenvalue weighted by Gasteiger charge is -2.25. The summed E-state index contributed by atoms with van der Waals surface area (Å²) in [5.41, 5.74) is 2.17. The van der Waals surface area contributed by atoms with Crippen LogP contribution >= 0.6 is 11.3 Å². The third kappa shape index (κ3) is 4.39. The highest BCUT2D eigenvalue weighted by atomic mass is 32.2. The van der Waals surface area contributed by atoms with Crippen molar-refractivity contribution in [2.75, 3.05) is 18.4 Å². The molecular weight excluding hydrogens is 406 g/mol. The van der Waals surface area contributed by atoms with Crippen LogP contribution in [0.15, 0.2) is 64.9 Å². The molecule has 0 aliphatic carbocycles. The molecule has 150 valence electrons. The van der Waals surface area contributed by atoms with E-state index in [-0.39, 0.29) is 10.8 Å². The fraction of sp³-hybridized carbons (Fsp3) is 0.238. The van der Waals surface area contributed by atoms with Crippen molar-refractivity contribution in [1.29, 1.82) is 0 Å². The molecule has 0 bridgehead atoms. The van der Waals surface area contributed by atoms with Crippen molar-refractivity contribution >= 4 is 32.4 Å². The summed E-state index contributed by atoms with van der Waals surface area (Å²) < 4.78 is 26.9. The van der Waals surface area contributed by atoms with Crippen LogP contribution < -0.4 is 5.32 Å². The number of amides is 1. The van der Waals surface area contributed by atoms with Gasteiger partial charge in [-0.25, -0.2) is 13.4 Å². The molecular formula is C21H21N3O3S2. The first-order valence-corrected chi connectivity index (χ1v) is 11.8. The van der Waals surface area contributed by atoms with Crippen molar-refractivity contribution in [2.45, 2.75) is 24.2 Å². The van der Waals surface area contributed by atoms with Gasteiger partial charge in [0.2, 0.25) is 10.0 Å². The molecule has 8 heteroatoms. The maximum atomic E-state index is 12.7. The number of hydrogen-bond donors (Lipinski definition) is 1. The van der Waals surface area contributed by atoms with Crippen LogP contribution in [-0.4, -0.2) is 36.7 Å². The molecule has 3 aromatic rings. The zero-order chi connectivity index (χ0) is 20.3. The maximum Gasteiger partial charge on any atom is 0.257 e. The first-order valence-electron chi connectivity index (χ1n) is 9.46. The molecule has 4 rings (SSSR count). The summed E-state index contributed by atoms with van der Waals surface area (Å²) in [5.74, 6) is -0.319. The molecule has 6 nitrogen and oxygen atoms in total.